The maximum atomic E-state index is 12.2. The molecular weight excluding hydrogens is 270 g/mol. The lowest BCUT2D eigenvalue weighted by Gasteiger charge is -2.32. The topological polar surface area (TPSA) is 55.8 Å². The fourth-order valence-corrected chi connectivity index (χ4v) is 3.17. The summed E-state index contributed by atoms with van der Waals surface area (Å²) < 4.78 is 10.8. The van der Waals surface area contributed by atoms with Gasteiger partial charge in [-0.1, -0.05) is 19.3 Å². The van der Waals surface area contributed by atoms with E-state index in [0.29, 0.717) is 13.2 Å². The van der Waals surface area contributed by atoms with Crippen LogP contribution in [0.1, 0.15) is 51.9 Å². The van der Waals surface area contributed by atoms with Crippen LogP contribution in [0.15, 0.2) is 0 Å². The van der Waals surface area contributed by atoms with Gasteiger partial charge in [-0.25, -0.2) is 0 Å². The van der Waals surface area contributed by atoms with Crippen LogP contribution >= 0.6 is 0 Å². The van der Waals surface area contributed by atoms with Gasteiger partial charge in [0.25, 0.3) is 0 Å². The van der Waals surface area contributed by atoms with Crippen molar-refractivity contribution in [1.29, 1.82) is 0 Å². The minimum absolute atomic E-state index is 0.00886. The van der Waals surface area contributed by atoms with E-state index in [1.54, 1.807) is 4.90 Å². The molecule has 5 heteroatoms. The third kappa shape index (κ3) is 4.99. The molecule has 2 fully saturated rings. The number of rotatable bonds is 5. The molecule has 1 heterocycles. The number of hydrogen-bond acceptors (Lipinski definition) is 4. The molecule has 2 aliphatic rings. The van der Waals surface area contributed by atoms with Crippen molar-refractivity contribution in [3.63, 3.8) is 0 Å². The van der Waals surface area contributed by atoms with Crippen molar-refractivity contribution in [3.8, 4) is 0 Å². The summed E-state index contributed by atoms with van der Waals surface area (Å²) in [6.07, 6.45) is 7.73. The molecule has 1 saturated carbocycles. The van der Waals surface area contributed by atoms with Gasteiger partial charge >= 0.3 is 5.97 Å². The van der Waals surface area contributed by atoms with E-state index in [2.05, 4.69) is 0 Å². The average Bonchev–Trinajstić information content (AvgIpc) is 2.54. The van der Waals surface area contributed by atoms with Gasteiger partial charge < -0.3 is 14.4 Å². The van der Waals surface area contributed by atoms with Crippen molar-refractivity contribution in [2.24, 2.45) is 5.92 Å². The Balaban J connectivity index is 1.74. The Kier molecular flexibility index (Phi) is 6.49. The lowest BCUT2D eigenvalue weighted by molar-refractivity contribution is -0.152. The highest BCUT2D eigenvalue weighted by atomic mass is 16.5. The molecule has 0 aromatic rings. The number of nitrogens with zero attached hydrogens (tertiary/aromatic N) is 1. The van der Waals surface area contributed by atoms with Crippen molar-refractivity contribution < 1.29 is 19.1 Å². The zero-order chi connectivity index (χ0) is 15.1. The highest BCUT2D eigenvalue weighted by Crippen LogP contribution is 2.21. The molecule has 1 amide bonds. The first-order valence-corrected chi connectivity index (χ1v) is 8.26. The average molecular weight is 297 g/mol. The van der Waals surface area contributed by atoms with Crippen molar-refractivity contribution in [2.75, 3.05) is 26.3 Å². The molecule has 1 saturated heterocycles. The highest BCUT2D eigenvalue weighted by Gasteiger charge is 2.29. The Hall–Kier alpha value is -1.10. The van der Waals surface area contributed by atoms with E-state index in [1.807, 2.05) is 6.92 Å². The van der Waals surface area contributed by atoms with Gasteiger partial charge in [-0.05, 0) is 32.6 Å². The molecule has 1 unspecified atom stereocenters. The summed E-state index contributed by atoms with van der Waals surface area (Å²) in [4.78, 5) is 25.8. The Bertz CT molecular complexity index is 352. The van der Waals surface area contributed by atoms with E-state index in [9.17, 15) is 9.59 Å². The van der Waals surface area contributed by atoms with Crippen LogP contribution in [-0.4, -0.2) is 49.2 Å². The summed E-state index contributed by atoms with van der Waals surface area (Å²) in [6, 6.07) is 0. The van der Waals surface area contributed by atoms with Crippen LogP contribution in [0.4, 0.5) is 0 Å². The fourth-order valence-electron chi connectivity index (χ4n) is 3.17. The van der Waals surface area contributed by atoms with Crippen LogP contribution < -0.4 is 0 Å². The molecule has 0 spiro atoms. The molecule has 120 valence electrons. The van der Waals surface area contributed by atoms with Gasteiger partial charge in [0.1, 0.15) is 6.61 Å². The van der Waals surface area contributed by atoms with E-state index >= 15 is 0 Å². The molecule has 0 aromatic carbocycles. The van der Waals surface area contributed by atoms with Crippen molar-refractivity contribution in [1.82, 2.24) is 4.90 Å². The zero-order valence-electron chi connectivity index (χ0n) is 13.0. The van der Waals surface area contributed by atoms with Gasteiger partial charge in [0, 0.05) is 13.1 Å². The number of carbonyl (C=O) groups excluding carboxylic acids is 2. The minimum atomic E-state index is -0.178. The Morgan fingerprint density at radius 3 is 2.57 bits per heavy atom. The first-order valence-electron chi connectivity index (χ1n) is 8.26. The lowest BCUT2D eigenvalue weighted by Crippen LogP contribution is -2.44. The summed E-state index contributed by atoms with van der Waals surface area (Å²) in [6.45, 7) is 3.56. The predicted molar refractivity (Wildman–Crippen MR) is 78.8 cm³/mol. The number of amides is 1. The first-order chi connectivity index (χ1) is 10.2. The van der Waals surface area contributed by atoms with Crippen LogP contribution in [0, 0.1) is 5.92 Å². The summed E-state index contributed by atoms with van der Waals surface area (Å²) in [5.41, 5.74) is 0. The van der Waals surface area contributed by atoms with Gasteiger partial charge in [0.05, 0.1) is 18.6 Å². The Morgan fingerprint density at radius 2 is 1.86 bits per heavy atom. The number of piperidine rings is 1. The highest BCUT2D eigenvalue weighted by molar-refractivity contribution is 5.79. The maximum absolute atomic E-state index is 12.2. The van der Waals surface area contributed by atoms with Gasteiger partial charge in [0.2, 0.25) is 5.91 Å². The van der Waals surface area contributed by atoms with E-state index in [4.69, 9.17) is 9.47 Å². The van der Waals surface area contributed by atoms with E-state index in [-0.39, 0.29) is 30.5 Å². The van der Waals surface area contributed by atoms with Crippen LogP contribution in [0.25, 0.3) is 0 Å². The van der Waals surface area contributed by atoms with Crippen molar-refractivity contribution in [3.05, 3.63) is 0 Å². The normalized spacial score (nSPS) is 23.9. The van der Waals surface area contributed by atoms with Gasteiger partial charge in [0.15, 0.2) is 0 Å². The number of hydrogen-bond donors (Lipinski definition) is 0. The standard InChI is InChI=1S/C16H27NO4/c1-2-20-16(19)13-7-6-10-17(11-13)15(18)12-21-14-8-4-3-5-9-14/h13-14H,2-12H2,1H3. The maximum Gasteiger partial charge on any atom is 0.310 e. The van der Waals surface area contributed by atoms with Gasteiger partial charge in [-0.2, -0.15) is 0 Å². The summed E-state index contributed by atoms with van der Waals surface area (Å²) in [5, 5.41) is 0. The SMILES string of the molecule is CCOC(=O)C1CCCN(C(=O)COC2CCCCC2)C1. The van der Waals surface area contributed by atoms with Crippen LogP contribution in [-0.2, 0) is 19.1 Å². The molecule has 21 heavy (non-hydrogen) atoms. The molecule has 1 aliphatic carbocycles. The monoisotopic (exact) mass is 297 g/mol. The number of likely N-dealkylation sites (tertiary alicyclic amines) is 1. The quantitative estimate of drug-likeness (QED) is 0.730. The summed E-state index contributed by atoms with van der Waals surface area (Å²) >= 11 is 0. The summed E-state index contributed by atoms with van der Waals surface area (Å²) in [5.74, 6) is -0.338. The number of carbonyl (C=O) groups is 2. The van der Waals surface area contributed by atoms with Gasteiger partial charge in [-0.15, -0.1) is 0 Å². The molecule has 1 atom stereocenters. The van der Waals surface area contributed by atoms with Crippen LogP contribution in [0.3, 0.4) is 0 Å². The molecule has 0 bridgehead atoms. The van der Waals surface area contributed by atoms with Gasteiger partial charge in [-0.3, -0.25) is 9.59 Å². The van der Waals surface area contributed by atoms with E-state index in [0.717, 1.165) is 32.2 Å². The second-order valence-electron chi connectivity index (χ2n) is 6.00. The molecule has 0 N–H and O–H groups in total. The molecule has 0 aromatic heterocycles. The zero-order valence-corrected chi connectivity index (χ0v) is 13.0. The predicted octanol–water partition coefficient (Wildman–Crippen LogP) is 2.14. The fraction of sp³-hybridized carbons (Fsp3) is 0.875. The third-order valence-electron chi connectivity index (χ3n) is 4.39. The number of ether oxygens (including phenoxy) is 2. The second-order valence-corrected chi connectivity index (χ2v) is 6.00. The summed E-state index contributed by atoms with van der Waals surface area (Å²) in [7, 11) is 0. The smallest absolute Gasteiger partial charge is 0.310 e. The van der Waals surface area contributed by atoms with Crippen molar-refractivity contribution in [2.45, 2.75) is 58.0 Å². The largest absolute Gasteiger partial charge is 0.466 e. The third-order valence-corrected chi connectivity index (χ3v) is 4.39. The molecule has 2 rings (SSSR count). The second kappa shape index (κ2) is 8.37. The van der Waals surface area contributed by atoms with Crippen LogP contribution in [0.2, 0.25) is 0 Å². The van der Waals surface area contributed by atoms with Crippen LogP contribution in [0.5, 0.6) is 0 Å². The van der Waals surface area contributed by atoms with E-state index in [1.165, 1.54) is 19.3 Å². The van der Waals surface area contributed by atoms with E-state index < -0.39 is 0 Å². The first kappa shape index (κ1) is 16.3. The molecule has 5 nitrogen and oxygen atoms in total. The lowest BCUT2D eigenvalue weighted by atomic mass is 9.97. The molecular formula is C16H27NO4. The molecule has 0 radical (unpaired) electrons. The minimum Gasteiger partial charge on any atom is -0.466 e. The number of esters is 1. The van der Waals surface area contributed by atoms with Crippen molar-refractivity contribution >= 4 is 11.9 Å². The molecule has 1 aliphatic heterocycles. The Labute approximate surface area is 127 Å². The Morgan fingerprint density at radius 1 is 1.10 bits per heavy atom.